The standard InChI is InChI=1S/C10H8N4O2/c11-2-5-14(6-3-12)9-7-13-4-1-8(9)10(15)16/h1,4,7H,5-6H2,(H,15,16). The number of carboxylic acids is 1. The van der Waals surface area contributed by atoms with Gasteiger partial charge in [0.15, 0.2) is 0 Å². The van der Waals surface area contributed by atoms with Crippen molar-refractivity contribution in [1.82, 2.24) is 4.98 Å². The quantitative estimate of drug-likeness (QED) is 0.741. The van der Waals surface area contributed by atoms with Gasteiger partial charge in [0, 0.05) is 6.20 Å². The molecule has 6 heteroatoms. The van der Waals surface area contributed by atoms with Crippen LogP contribution >= 0.6 is 0 Å². The van der Waals surface area contributed by atoms with E-state index in [4.69, 9.17) is 15.6 Å². The molecular weight excluding hydrogens is 208 g/mol. The van der Waals surface area contributed by atoms with Crippen LogP contribution in [0.4, 0.5) is 5.69 Å². The second kappa shape index (κ2) is 5.32. The summed E-state index contributed by atoms with van der Waals surface area (Å²) in [7, 11) is 0. The van der Waals surface area contributed by atoms with E-state index >= 15 is 0 Å². The van der Waals surface area contributed by atoms with Gasteiger partial charge in [-0.25, -0.2) is 4.79 Å². The van der Waals surface area contributed by atoms with Crippen LogP contribution in [0.25, 0.3) is 0 Å². The third-order valence-corrected chi connectivity index (χ3v) is 1.89. The molecule has 0 unspecified atom stereocenters. The summed E-state index contributed by atoms with van der Waals surface area (Å²) in [6.45, 7) is -0.112. The van der Waals surface area contributed by atoms with Crippen molar-refractivity contribution in [3.05, 3.63) is 24.0 Å². The highest BCUT2D eigenvalue weighted by Crippen LogP contribution is 2.18. The number of aromatic nitrogens is 1. The average Bonchev–Trinajstić information content (AvgIpc) is 2.29. The molecule has 1 N–H and O–H groups in total. The number of aromatic carboxylic acids is 1. The SMILES string of the molecule is N#CCN(CC#N)c1cnccc1C(=O)O. The molecule has 0 saturated carbocycles. The molecule has 1 aromatic heterocycles. The average molecular weight is 216 g/mol. The lowest BCUT2D eigenvalue weighted by molar-refractivity contribution is 0.0697. The highest BCUT2D eigenvalue weighted by molar-refractivity contribution is 5.94. The highest BCUT2D eigenvalue weighted by atomic mass is 16.4. The van der Waals surface area contributed by atoms with Crippen LogP contribution in [0.1, 0.15) is 10.4 Å². The predicted molar refractivity (Wildman–Crippen MR) is 54.6 cm³/mol. The van der Waals surface area contributed by atoms with Gasteiger partial charge in [0.1, 0.15) is 13.1 Å². The molecule has 0 aromatic carbocycles. The van der Waals surface area contributed by atoms with E-state index in [1.54, 1.807) is 0 Å². The lowest BCUT2D eigenvalue weighted by Gasteiger charge is -2.19. The molecule has 0 saturated heterocycles. The third-order valence-electron chi connectivity index (χ3n) is 1.89. The third kappa shape index (κ3) is 2.46. The molecule has 0 bridgehead atoms. The number of hydrogen-bond acceptors (Lipinski definition) is 5. The van der Waals surface area contributed by atoms with Gasteiger partial charge in [-0.2, -0.15) is 10.5 Å². The summed E-state index contributed by atoms with van der Waals surface area (Å²) in [5.74, 6) is -1.11. The van der Waals surface area contributed by atoms with Crippen LogP contribution in [-0.4, -0.2) is 29.1 Å². The van der Waals surface area contributed by atoms with Crippen molar-refractivity contribution >= 4 is 11.7 Å². The fourth-order valence-electron chi connectivity index (χ4n) is 1.22. The van der Waals surface area contributed by atoms with Crippen molar-refractivity contribution in [1.29, 1.82) is 10.5 Å². The van der Waals surface area contributed by atoms with E-state index in [-0.39, 0.29) is 24.3 Å². The number of carbonyl (C=O) groups is 1. The Bertz CT molecular complexity index is 456. The van der Waals surface area contributed by atoms with Crippen molar-refractivity contribution < 1.29 is 9.90 Å². The molecular formula is C10H8N4O2. The molecule has 0 amide bonds. The Kier molecular flexibility index (Phi) is 3.82. The topological polar surface area (TPSA) is 101 Å². The fraction of sp³-hybridized carbons (Fsp3) is 0.200. The monoisotopic (exact) mass is 216 g/mol. The van der Waals surface area contributed by atoms with Gasteiger partial charge >= 0.3 is 5.97 Å². The number of pyridine rings is 1. The van der Waals surface area contributed by atoms with Crippen molar-refractivity contribution in [2.45, 2.75) is 0 Å². The van der Waals surface area contributed by atoms with E-state index in [2.05, 4.69) is 4.98 Å². The van der Waals surface area contributed by atoms with Gasteiger partial charge in [0.25, 0.3) is 0 Å². The predicted octanol–water partition coefficient (Wildman–Crippen LogP) is 0.633. The minimum atomic E-state index is -1.11. The maximum Gasteiger partial charge on any atom is 0.337 e. The van der Waals surface area contributed by atoms with E-state index in [1.165, 1.54) is 23.4 Å². The minimum absolute atomic E-state index is 0.0282. The molecule has 0 aliphatic heterocycles. The molecule has 0 aliphatic carbocycles. The smallest absolute Gasteiger partial charge is 0.337 e. The molecule has 0 radical (unpaired) electrons. The Morgan fingerprint density at radius 1 is 1.44 bits per heavy atom. The summed E-state index contributed by atoms with van der Waals surface area (Å²) in [5.41, 5.74) is 0.304. The first-order valence-electron chi connectivity index (χ1n) is 4.37. The van der Waals surface area contributed by atoms with Crippen LogP contribution in [-0.2, 0) is 0 Å². The van der Waals surface area contributed by atoms with E-state index in [0.717, 1.165) is 0 Å². The molecule has 6 nitrogen and oxygen atoms in total. The second-order valence-electron chi connectivity index (χ2n) is 2.87. The highest BCUT2D eigenvalue weighted by Gasteiger charge is 2.15. The minimum Gasteiger partial charge on any atom is -0.478 e. The van der Waals surface area contributed by atoms with Gasteiger partial charge in [0.05, 0.1) is 29.6 Å². The molecule has 0 aliphatic rings. The molecule has 1 aromatic rings. The number of rotatable bonds is 4. The molecule has 0 atom stereocenters. The fourth-order valence-corrected chi connectivity index (χ4v) is 1.22. The van der Waals surface area contributed by atoms with Gasteiger partial charge in [-0.3, -0.25) is 4.98 Å². The largest absolute Gasteiger partial charge is 0.478 e. The summed E-state index contributed by atoms with van der Waals surface area (Å²) in [4.78, 5) is 16.1. The molecule has 16 heavy (non-hydrogen) atoms. The van der Waals surface area contributed by atoms with Crippen LogP contribution < -0.4 is 4.90 Å². The summed E-state index contributed by atoms with van der Waals surface area (Å²) in [6.07, 6.45) is 2.68. The Morgan fingerprint density at radius 2 is 2.06 bits per heavy atom. The van der Waals surface area contributed by atoms with Gasteiger partial charge in [0.2, 0.25) is 0 Å². The summed E-state index contributed by atoms with van der Waals surface area (Å²) >= 11 is 0. The summed E-state index contributed by atoms with van der Waals surface area (Å²) in [6, 6.07) is 5.08. The first kappa shape index (κ1) is 11.5. The first-order valence-corrected chi connectivity index (χ1v) is 4.37. The number of nitrogens with zero attached hydrogens (tertiary/aromatic N) is 4. The molecule has 1 rings (SSSR count). The summed E-state index contributed by atoms with van der Waals surface area (Å²) in [5, 5.41) is 26.1. The lowest BCUT2D eigenvalue weighted by Crippen LogP contribution is -2.26. The van der Waals surface area contributed by atoms with Crippen LogP contribution in [0.3, 0.4) is 0 Å². The molecule has 0 fully saturated rings. The van der Waals surface area contributed by atoms with E-state index < -0.39 is 5.97 Å². The molecule has 80 valence electrons. The maximum absolute atomic E-state index is 10.9. The van der Waals surface area contributed by atoms with E-state index in [0.29, 0.717) is 0 Å². The number of carboxylic acid groups (broad SMARTS) is 1. The normalized spacial score (nSPS) is 8.88. The van der Waals surface area contributed by atoms with Gasteiger partial charge < -0.3 is 10.0 Å². The first-order chi connectivity index (χ1) is 7.70. The van der Waals surface area contributed by atoms with Crippen LogP contribution in [0.2, 0.25) is 0 Å². The Morgan fingerprint density at radius 3 is 2.56 bits per heavy atom. The van der Waals surface area contributed by atoms with Gasteiger partial charge in [-0.1, -0.05) is 0 Å². The zero-order chi connectivity index (χ0) is 12.0. The zero-order valence-electron chi connectivity index (χ0n) is 8.29. The lowest BCUT2D eigenvalue weighted by atomic mass is 10.2. The van der Waals surface area contributed by atoms with Crippen molar-refractivity contribution in [3.63, 3.8) is 0 Å². The van der Waals surface area contributed by atoms with Crippen molar-refractivity contribution in [2.75, 3.05) is 18.0 Å². The van der Waals surface area contributed by atoms with Gasteiger partial charge in [-0.15, -0.1) is 0 Å². The molecule has 1 heterocycles. The zero-order valence-corrected chi connectivity index (χ0v) is 8.29. The Labute approximate surface area is 92.0 Å². The van der Waals surface area contributed by atoms with Crippen molar-refractivity contribution in [3.8, 4) is 12.1 Å². The molecule has 0 spiro atoms. The van der Waals surface area contributed by atoms with Crippen LogP contribution in [0.5, 0.6) is 0 Å². The van der Waals surface area contributed by atoms with Gasteiger partial charge in [-0.05, 0) is 6.07 Å². The maximum atomic E-state index is 10.9. The number of anilines is 1. The second-order valence-corrected chi connectivity index (χ2v) is 2.87. The van der Waals surface area contributed by atoms with Crippen molar-refractivity contribution in [2.24, 2.45) is 0 Å². The van der Waals surface area contributed by atoms with E-state index in [1.807, 2.05) is 12.1 Å². The Hall–Kier alpha value is -2.60. The number of hydrogen-bond donors (Lipinski definition) is 1. The van der Waals surface area contributed by atoms with E-state index in [9.17, 15) is 4.79 Å². The van der Waals surface area contributed by atoms with Crippen LogP contribution in [0, 0.1) is 22.7 Å². The number of nitriles is 2. The Balaban J connectivity index is 3.14. The summed E-state index contributed by atoms with van der Waals surface area (Å²) < 4.78 is 0. The van der Waals surface area contributed by atoms with Crippen LogP contribution in [0.15, 0.2) is 18.5 Å².